The zero-order valence-corrected chi connectivity index (χ0v) is 9.80. The third-order valence-corrected chi connectivity index (χ3v) is 2.65. The van der Waals surface area contributed by atoms with Crippen molar-refractivity contribution in [2.75, 3.05) is 11.9 Å². The normalized spacial score (nSPS) is 10.1. The molecule has 0 spiro atoms. The molecule has 2 aromatic carbocycles. The number of anilines is 1. The summed E-state index contributed by atoms with van der Waals surface area (Å²) >= 11 is 0. The van der Waals surface area contributed by atoms with E-state index in [9.17, 15) is 14.3 Å². The molecule has 0 unspecified atom stereocenters. The van der Waals surface area contributed by atoms with Crippen molar-refractivity contribution < 1.29 is 14.3 Å². The predicted molar refractivity (Wildman–Crippen MR) is 67.2 cm³/mol. The summed E-state index contributed by atoms with van der Waals surface area (Å²) in [6, 6.07) is 12.6. The molecule has 18 heavy (non-hydrogen) atoms. The highest BCUT2D eigenvalue weighted by atomic mass is 19.1. The van der Waals surface area contributed by atoms with Crippen molar-refractivity contribution in [1.29, 1.82) is 0 Å². The number of nitrogens with zero attached hydrogens (tertiary/aromatic N) is 1. The van der Waals surface area contributed by atoms with E-state index in [0.29, 0.717) is 5.69 Å². The summed E-state index contributed by atoms with van der Waals surface area (Å²) in [4.78, 5) is 13.4. The minimum absolute atomic E-state index is 0.316. The molecule has 0 heterocycles. The zero-order valence-electron chi connectivity index (χ0n) is 9.80. The lowest BCUT2D eigenvalue weighted by Crippen LogP contribution is -2.27. The number of rotatable bonds is 2. The number of hydrogen-bond donors (Lipinski definition) is 1. The van der Waals surface area contributed by atoms with Crippen LogP contribution in [0.2, 0.25) is 0 Å². The summed E-state index contributed by atoms with van der Waals surface area (Å²) in [6.07, 6.45) is 0. The number of carbonyl (C=O) groups is 1. The van der Waals surface area contributed by atoms with Crippen molar-refractivity contribution in [3.63, 3.8) is 0 Å². The van der Waals surface area contributed by atoms with Gasteiger partial charge in [-0.1, -0.05) is 24.3 Å². The van der Waals surface area contributed by atoms with E-state index in [0.717, 1.165) is 6.07 Å². The van der Waals surface area contributed by atoms with Crippen LogP contribution in [0.4, 0.5) is 10.1 Å². The van der Waals surface area contributed by atoms with Gasteiger partial charge in [-0.3, -0.25) is 4.79 Å². The van der Waals surface area contributed by atoms with Gasteiger partial charge in [-0.05, 0) is 24.3 Å². The molecule has 0 saturated carbocycles. The maximum absolute atomic E-state index is 13.6. The molecular formula is C14H12FNO2. The molecule has 4 heteroatoms. The van der Waals surface area contributed by atoms with E-state index in [4.69, 9.17) is 0 Å². The fourth-order valence-corrected chi connectivity index (χ4v) is 1.66. The highest BCUT2D eigenvalue weighted by Crippen LogP contribution is 2.23. The molecule has 0 bridgehead atoms. The smallest absolute Gasteiger partial charge is 0.264 e. The van der Waals surface area contributed by atoms with E-state index < -0.39 is 11.7 Å². The minimum atomic E-state index is -0.734. The second-order valence-electron chi connectivity index (χ2n) is 3.83. The zero-order chi connectivity index (χ0) is 13.1. The lowest BCUT2D eigenvalue weighted by Gasteiger charge is -2.18. The monoisotopic (exact) mass is 245 g/mol. The van der Waals surface area contributed by atoms with Crippen LogP contribution in [0, 0.1) is 5.82 Å². The Morgan fingerprint density at radius 1 is 1.11 bits per heavy atom. The van der Waals surface area contributed by atoms with Crippen LogP contribution in [-0.4, -0.2) is 18.1 Å². The lowest BCUT2D eigenvalue weighted by atomic mass is 10.1. The Balaban J connectivity index is 2.38. The predicted octanol–water partition coefficient (Wildman–Crippen LogP) is 2.81. The maximum Gasteiger partial charge on any atom is 0.264 e. The summed E-state index contributed by atoms with van der Waals surface area (Å²) in [5.74, 6) is -1.68. The maximum atomic E-state index is 13.6. The first kappa shape index (κ1) is 12.1. The molecule has 0 aliphatic rings. The van der Waals surface area contributed by atoms with Gasteiger partial charge in [-0.2, -0.15) is 0 Å². The molecule has 2 aromatic rings. The molecule has 2 rings (SSSR count). The number of carbonyl (C=O) groups excluding carboxylic acids is 1. The summed E-state index contributed by atoms with van der Waals surface area (Å²) in [5, 5.41) is 9.57. The summed E-state index contributed by atoms with van der Waals surface area (Å²) in [5.41, 5.74) is 0.314. The molecule has 1 N–H and O–H groups in total. The Bertz CT molecular complexity index is 549. The van der Waals surface area contributed by atoms with E-state index in [1.54, 1.807) is 24.3 Å². The van der Waals surface area contributed by atoms with Gasteiger partial charge in [-0.15, -0.1) is 0 Å². The topological polar surface area (TPSA) is 40.5 Å². The van der Waals surface area contributed by atoms with Crippen molar-refractivity contribution in [3.8, 4) is 5.75 Å². The van der Waals surface area contributed by atoms with Crippen molar-refractivity contribution in [2.24, 2.45) is 0 Å². The first-order chi connectivity index (χ1) is 8.61. The number of halogens is 1. The van der Waals surface area contributed by atoms with Crippen LogP contribution in [-0.2, 0) is 0 Å². The minimum Gasteiger partial charge on any atom is -0.507 e. The molecule has 1 amide bonds. The lowest BCUT2D eigenvalue weighted by molar-refractivity contribution is 0.0986. The third-order valence-electron chi connectivity index (χ3n) is 2.65. The summed E-state index contributed by atoms with van der Waals surface area (Å²) in [7, 11) is 1.53. The number of hydrogen-bond acceptors (Lipinski definition) is 2. The van der Waals surface area contributed by atoms with Gasteiger partial charge in [0.1, 0.15) is 17.1 Å². The van der Waals surface area contributed by atoms with Crippen LogP contribution in [0.25, 0.3) is 0 Å². The van der Waals surface area contributed by atoms with Gasteiger partial charge in [0.25, 0.3) is 5.91 Å². The van der Waals surface area contributed by atoms with E-state index in [1.165, 1.54) is 24.1 Å². The van der Waals surface area contributed by atoms with Gasteiger partial charge in [0.05, 0.1) is 0 Å². The fraction of sp³-hybridized carbons (Fsp3) is 0.0714. The first-order valence-corrected chi connectivity index (χ1v) is 5.42. The molecule has 0 aliphatic carbocycles. The third kappa shape index (κ3) is 2.18. The molecule has 0 aliphatic heterocycles. The second-order valence-corrected chi connectivity index (χ2v) is 3.83. The average Bonchev–Trinajstić information content (AvgIpc) is 2.38. The van der Waals surface area contributed by atoms with E-state index in [-0.39, 0.29) is 11.3 Å². The Kier molecular flexibility index (Phi) is 3.28. The van der Waals surface area contributed by atoms with E-state index >= 15 is 0 Å². The van der Waals surface area contributed by atoms with Crippen LogP contribution >= 0.6 is 0 Å². The van der Waals surface area contributed by atoms with Crippen LogP contribution in [0.3, 0.4) is 0 Å². The molecule has 92 valence electrons. The largest absolute Gasteiger partial charge is 0.507 e. The first-order valence-electron chi connectivity index (χ1n) is 5.42. The Hall–Kier alpha value is -2.36. The van der Waals surface area contributed by atoms with Crippen LogP contribution < -0.4 is 4.90 Å². The van der Waals surface area contributed by atoms with Gasteiger partial charge in [0.2, 0.25) is 0 Å². The summed E-state index contributed by atoms with van der Waals surface area (Å²) in [6.45, 7) is 0. The molecule has 0 radical (unpaired) electrons. The Morgan fingerprint density at radius 2 is 1.78 bits per heavy atom. The molecule has 3 nitrogen and oxygen atoms in total. The average molecular weight is 245 g/mol. The van der Waals surface area contributed by atoms with Crippen LogP contribution in [0.5, 0.6) is 5.75 Å². The molecular weight excluding hydrogens is 233 g/mol. The number of aromatic hydroxyl groups is 1. The highest BCUT2D eigenvalue weighted by Gasteiger charge is 2.20. The number of phenolic OH excluding ortho intramolecular Hbond substituents is 1. The number of phenols is 1. The van der Waals surface area contributed by atoms with Crippen molar-refractivity contribution in [1.82, 2.24) is 0 Å². The Labute approximate surface area is 104 Å². The van der Waals surface area contributed by atoms with E-state index in [2.05, 4.69) is 0 Å². The van der Waals surface area contributed by atoms with Gasteiger partial charge in [0.15, 0.2) is 0 Å². The Morgan fingerprint density at radius 3 is 2.39 bits per heavy atom. The number of amides is 1. The van der Waals surface area contributed by atoms with Gasteiger partial charge >= 0.3 is 0 Å². The number of benzene rings is 2. The second kappa shape index (κ2) is 4.87. The van der Waals surface area contributed by atoms with Crippen molar-refractivity contribution in [3.05, 3.63) is 59.9 Å². The van der Waals surface area contributed by atoms with Crippen LogP contribution in [0.1, 0.15) is 10.4 Å². The SMILES string of the molecule is CN(C(=O)c1c(O)cccc1F)c1ccccc1. The molecule has 0 saturated heterocycles. The van der Waals surface area contributed by atoms with Gasteiger partial charge in [-0.25, -0.2) is 4.39 Å². The standard InChI is InChI=1S/C14H12FNO2/c1-16(10-6-3-2-4-7-10)14(18)13-11(15)8-5-9-12(13)17/h2-9,17H,1H3. The van der Waals surface area contributed by atoms with Crippen molar-refractivity contribution in [2.45, 2.75) is 0 Å². The molecule has 0 atom stereocenters. The van der Waals surface area contributed by atoms with Crippen molar-refractivity contribution >= 4 is 11.6 Å². The highest BCUT2D eigenvalue weighted by molar-refractivity contribution is 6.07. The molecule has 0 fully saturated rings. The quantitative estimate of drug-likeness (QED) is 0.883. The molecule has 0 aromatic heterocycles. The fourth-order valence-electron chi connectivity index (χ4n) is 1.66. The van der Waals surface area contributed by atoms with Crippen LogP contribution in [0.15, 0.2) is 48.5 Å². The van der Waals surface area contributed by atoms with E-state index in [1.807, 2.05) is 6.07 Å². The van der Waals surface area contributed by atoms with Gasteiger partial charge < -0.3 is 10.0 Å². The number of para-hydroxylation sites is 1. The summed E-state index contributed by atoms with van der Waals surface area (Å²) < 4.78 is 13.6. The van der Waals surface area contributed by atoms with Gasteiger partial charge in [0, 0.05) is 12.7 Å².